The molecule has 1 heterocycles. The van der Waals surface area contributed by atoms with Crippen molar-refractivity contribution in [3.63, 3.8) is 0 Å². The molecule has 4 heteroatoms. The van der Waals surface area contributed by atoms with Crippen LogP contribution in [0.15, 0.2) is 0 Å². The Bertz CT molecular complexity index is 283. The summed E-state index contributed by atoms with van der Waals surface area (Å²) in [5, 5.41) is 6.27. The van der Waals surface area contributed by atoms with Gasteiger partial charge in [-0.15, -0.1) is 0 Å². The first-order valence-corrected chi connectivity index (χ1v) is 7.23. The minimum Gasteiger partial charge on any atom is -0.379 e. The quantitative estimate of drug-likeness (QED) is 0.791. The third kappa shape index (κ3) is 3.45. The molecule has 104 valence electrons. The van der Waals surface area contributed by atoms with Crippen molar-refractivity contribution in [2.24, 2.45) is 17.8 Å². The van der Waals surface area contributed by atoms with Gasteiger partial charge in [0.15, 0.2) is 0 Å². The molecular weight excluding hydrogens is 228 g/mol. The van der Waals surface area contributed by atoms with Gasteiger partial charge in [0.05, 0.1) is 19.1 Å². The molecule has 1 saturated heterocycles. The summed E-state index contributed by atoms with van der Waals surface area (Å²) in [6.07, 6.45) is 5.19. The highest BCUT2D eigenvalue weighted by molar-refractivity contribution is 5.79. The van der Waals surface area contributed by atoms with E-state index < -0.39 is 0 Å². The van der Waals surface area contributed by atoms with E-state index in [1.807, 2.05) is 7.05 Å². The number of amides is 1. The maximum absolute atomic E-state index is 12.1. The number of carbonyl (C=O) groups excluding carboxylic acids is 1. The van der Waals surface area contributed by atoms with E-state index in [0.29, 0.717) is 19.1 Å². The molecule has 0 aromatic carbocycles. The van der Waals surface area contributed by atoms with Crippen LogP contribution in [0.5, 0.6) is 0 Å². The van der Waals surface area contributed by atoms with Crippen molar-refractivity contribution in [3.8, 4) is 0 Å². The first-order chi connectivity index (χ1) is 8.70. The molecule has 1 aliphatic heterocycles. The van der Waals surface area contributed by atoms with Gasteiger partial charge in [-0.2, -0.15) is 0 Å². The van der Waals surface area contributed by atoms with E-state index in [4.69, 9.17) is 4.74 Å². The predicted octanol–water partition coefficient (Wildman–Crippen LogP) is 1.16. The zero-order valence-electron chi connectivity index (χ0n) is 11.6. The second-order valence-electron chi connectivity index (χ2n) is 5.92. The molecule has 2 rings (SSSR count). The fraction of sp³-hybridized carbons (Fsp3) is 0.929. The van der Waals surface area contributed by atoms with Crippen LogP contribution in [0.2, 0.25) is 0 Å². The standard InChI is InChI=1S/C14H26N2O2/c1-10-4-3-5-11(6-10)7-16-14(17)12-8-18-9-13(12)15-2/h10-13,15H,3-9H2,1-2H3,(H,16,17). The number of rotatable bonds is 4. The molecule has 4 nitrogen and oxygen atoms in total. The summed E-state index contributed by atoms with van der Waals surface area (Å²) in [6, 6.07) is 0.176. The number of likely N-dealkylation sites (N-methyl/N-ethyl adjacent to an activating group) is 1. The van der Waals surface area contributed by atoms with Crippen LogP contribution >= 0.6 is 0 Å². The van der Waals surface area contributed by atoms with Crippen LogP contribution in [0.3, 0.4) is 0 Å². The largest absolute Gasteiger partial charge is 0.379 e. The van der Waals surface area contributed by atoms with Gasteiger partial charge in [0.2, 0.25) is 5.91 Å². The smallest absolute Gasteiger partial charge is 0.227 e. The van der Waals surface area contributed by atoms with Crippen molar-refractivity contribution in [1.29, 1.82) is 0 Å². The molecule has 4 unspecified atom stereocenters. The molecule has 1 aliphatic carbocycles. The van der Waals surface area contributed by atoms with Crippen LogP contribution in [-0.2, 0) is 9.53 Å². The van der Waals surface area contributed by atoms with Gasteiger partial charge in [-0.05, 0) is 31.7 Å². The van der Waals surface area contributed by atoms with E-state index in [9.17, 15) is 4.79 Å². The van der Waals surface area contributed by atoms with Gasteiger partial charge in [-0.1, -0.05) is 19.8 Å². The topological polar surface area (TPSA) is 50.4 Å². The molecule has 2 aliphatic rings. The first kappa shape index (κ1) is 13.8. The van der Waals surface area contributed by atoms with E-state index in [-0.39, 0.29) is 17.9 Å². The average molecular weight is 254 g/mol. The van der Waals surface area contributed by atoms with E-state index in [0.717, 1.165) is 12.5 Å². The fourth-order valence-electron chi connectivity index (χ4n) is 3.22. The monoisotopic (exact) mass is 254 g/mol. The zero-order valence-corrected chi connectivity index (χ0v) is 11.6. The van der Waals surface area contributed by atoms with Gasteiger partial charge in [0, 0.05) is 12.6 Å². The Morgan fingerprint density at radius 2 is 2.17 bits per heavy atom. The van der Waals surface area contributed by atoms with Crippen molar-refractivity contribution in [3.05, 3.63) is 0 Å². The number of hydrogen-bond acceptors (Lipinski definition) is 3. The summed E-state index contributed by atoms with van der Waals surface area (Å²) in [5.41, 5.74) is 0. The highest BCUT2D eigenvalue weighted by atomic mass is 16.5. The molecule has 4 atom stereocenters. The lowest BCUT2D eigenvalue weighted by atomic mass is 9.82. The average Bonchev–Trinajstić information content (AvgIpc) is 2.84. The highest BCUT2D eigenvalue weighted by Gasteiger charge is 2.33. The van der Waals surface area contributed by atoms with Gasteiger partial charge in [-0.25, -0.2) is 0 Å². The zero-order chi connectivity index (χ0) is 13.0. The van der Waals surface area contributed by atoms with Crippen LogP contribution in [0.25, 0.3) is 0 Å². The minimum atomic E-state index is -0.0176. The van der Waals surface area contributed by atoms with Crippen molar-refractivity contribution in [2.45, 2.75) is 38.6 Å². The molecule has 0 bridgehead atoms. The third-order valence-electron chi connectivity index (χ3n) is 4.40. The van der Waals surface area contributed by atoms with Crippen molar-refractivity contribution in [2.75, 3.05) is 26.8 Å². The van der Waals surface area contributed by atoms with Gasteiger partial charge in [-0.3, -0.25) is 4.79 Å². The number of ether oxygens (including phenoxy) is 1. The van der Waals surface area contributed by atoms with Crippen molar-refractivity contribution in [1.82, 2.24) is 10.6 Å². The van der Waals surface area contributed by atoms with Crippen molar-refractivity contribution >= 4 is 5.91 Å². The van der Waals surface area contributed by atoms with E-state index >= 15 is 0 Å². The van der Waals surface area contributed by atoms with Crippen LogP contribution in [-0.4, -0.2) is 38.8 Å². The SMILES string of the molecule is CNC1COCC1C(=O)NCC1CCCC(C)C1. The Labute approximate surface area is 110 Å². The Balaban J connectivity index is 1.74. The van der Waals surface area contributed by atoms with E-state index in [2.05, 4.69) is 17.6 Å². The van der Waals surface area contributed by atoms with Gasteiger partial charge in [0.1, 0.15) is 0 Å². The lowest BCUT2D eigenvalue weighted by molar-refractivity contribution is -0.125. The van der Waals surface area contributed by atoms with Gasteiger partial charge < -0.3 is 15.4 Å². The Kier molecular flexibility index (Phi) is 5.01. The van der Waals surface area contributed by atoms with Crippen LogP contribution in [0, 0.1) is 17.8 Å². The Morgan fingerprint density at radius 3 is 2.89 bits per heavy atom. The van der Waals surface area contributed by atoms with Crippen LogP contribution in [0.4, 0.5) is 0 Å². The number of carbonyl (C=O) groups is 1. The molecule has 1 amide bonds. The third-order valence-corrected chi connectivity index (χ3v) is 4.40. The van der Waals surface area contributed by atoms with Gasteiger partial charge in [0.25, 0.3) is 0 Å². The summed E-state index contributed by atoms with van der Waals surface area (Å²) < 4.78 is 5.37. The number of hydrogen-bond donors (Lipinski definition) is 2. The maximum Gasteiger partial charge on any atom is 0.227 e. The Morgan fingerprint density at radius 1 is 1.33 bits per heavy atom. The highest BCUT2D eigenvalue weighted by Crippen LogP contribution is 2.28. The summed E-state index contributed by atoms with van der Waals surface area (Å²) in [5.74, 6) is 1.63. The first-order valence-electron chi connectivity index (χ1n) is 7.23. The van der Waals surface area contributed by atoms with E-state index in [1.54, 1.807) is 0 Å². The minimum absolute atomic E-state index is 0.0176. The summed E-state index contributed by atoms with van der Waals surface area (Å²) in [6.45, 7) is 4.36. The van der Waals surface area contributed by atoms with Crippen LogP contribution in [0.1, 0.15) is 32.6 Å². The molecule has 18 heavy (non-hydrogen) atoms. The Hall–Kier alpha value is -0.610. The normalized spacial score (nSPS) is 36.6. The maximum atomic E-state index is 12.1. The summed E-state index contributed by atoms with van der Waals surface area (Å²) >= 11 is 0. The molecule has 1 saturated carbocycles. The molecule has 0 aromatic rings. The molecule has 0 aromatic heterocycles. The van der Waals surface area contributed by atoms with Crippen molar-refractivity contribution < 1.29 is 9.53 Å². The summed E-state index contributed by atoms with van der Waals surface area (Å²) in [4.78, 5) is 12.1. The van der Waals surface area contributed by atoms with Gasteiger partial charge >= 0.3 is 0 Å². The molecule has 2 N–H and O–H groups in total. The molecular formula is C14H26N2O2. The molecule has 0 radical (unpaired) electrons. The lowest BCUT2D eigenvalue weighted by Gasteiger charge is -2.27. The number of nitrogens with one attached hydrogen (secondary N) is 2. The van der Waals surface area contributed by atoms with Crippen LogP contribution < -0.4 is 10.6 Å². The fourth-order valence-corrected chi connectivity index (χ4v) is 3.22. The van der Waals surface area contributed by atoms with E-state index in [1.165, 1.54) is 25.7 Å². The predicted molar refractivity (Wildman–Crippen MR) is 71.3 cm³/mol. The lowest BCUT2D eigenvalue weighted by Crippen LogP contribution is -2.44. The summed E-state index contributed by atoms with van der Waals surface area (Å²) in [7, 11) is 1.89. The molecule has 0 spiro atoms. The molecule has 2 fully saturated rings. The second kappa shape index (κ2) is 6.53. The second-order valence-corrected chi connectivity index (χ2v) is 5.92.